The molecule has 0 aliphatic carbocycles. The van der Waals surface area contributed by atoms with E-state index >= 15 is 0 Å². The lowest BCUT2D eigenvalue weighted by Gasteiger charge is -2.27. The molecule has 0 unspecified atom stereocenters. The van der Waals surface area contributed by atoms with E-state index < -0.39 is 5.79 Å². The van der Waals surface area contributed by atoms with Crippen molar-refractivity contribution in [2.75, 3.05) is 19.8 Å². The number of carbonyl (C=O) groups excluding carboxylic acids is 1. The number of nitrogens with zero attached hydrogens (tertiary/aromatic N) is 2. The Bertz CT molecular complexity index is 500. The summed E-state index contributed by atoms with van der Waals surface area (Å²) < 4.78 is 17.0. The maximum atomic E-state index is 12.7. The van der Waals surface area contributed by atoms with E-state index in [-0.39, 0.29) is 18.1 Å². The Morgan fingerprint density at radius 2 is 2.41 bits per heavy atom. The van der Waals surface area contributed by atoms with Gasteiger partial charge in [-0.3, -0.25) is 4.79 Å². The molecule has 3 heterocycles. The van der Waals surface area contributed by atoms with Crippen LogP contribution < -0.4 is 0 Å². The third-order valence-corrected chi connectivity index (χ3v) is 4.58. The topological polar surface area (TPSA) is 60.9 Å². The zero-order chi connectivity index (χ0) is 15.6. The lowest BCUT2D eigenvalue weighted by molar-refractivity contribution is -0.151. The molecule has 3 rings (SSSR count). The van der Waals surface area contributed by atoms with Gasteiger partial charge in [0.15, 0.2) is 5.79 Å². The van der Waals surface area contributed by atoms with E-state index in [1.165, 1.54) is 0 Å². The zero-order valence-corrected chi connectivity index (χ0v) is 13.8. The summed E-state index contributed by atoms with van der Waals surface area (Å²) in [6.45, 7) is 5.94. The van der Waals surface area contributed by atoms with Crippen LogP contribution in [0.15, 0.2) is 11.6 Å². The molecule has 0 saturated carbocycles. The highest BCUT2D eigenvalue weighted by molar-refractivity contribution is 7.09. The zero-order valence-electron chi connectivity index (χ0n) is 13.0. The Kier molecular flexibility index (Phi) is 4.77. The summed E-state index contributed by atoms with van der Waals surface area (Å²) in [4.78, 5) is 18.8. The van der Waals surface area contributed by atoms with Crippen molar-refractivity contribution >= 4 is 17.2 Å². The van der Waals surface area contributed by atoms with Crippen molar-refractivity contribution in [1.82, 2.24) is 9.88 Å². The van der Waals surface area contributed by atoms with Crippen LogP contribution in [0.4, 0.5) is 0 Å². The Morgan fingerprint density at radius 1 is 1.55 bits per heavy atom. The molecule has 2 aliphatic rings. The van der Waals surface area contributed by atoms with Crippen molar-refractivity contribution in [2.24, 2.45) is 0 Å². The first kappa shape index (κ1) is 15.9. The van der Waals surface area contributed by atoms with Gasteiger partial charge in [-0.2, -0.15) is 0 Å². The average Bonchev–Trinajstić information content (AvgIpc) is 3.19. The molecule has 2 saturated heterocycles. The lowest BCUT2D eigenvalue weighted by Crippen LogP contribution is -2.43. The van der Waals surface area contributed by atoms with Crippen LogP contribution in [0.3, 0.4) is 0 Å². The number of thiazole rings is 1. The minimum Gasteiger partial charge on any atom is -0.368 e. The van der Waals surface area contributed by atoms with E-state index in [4.69, 9.17) is 14.2 Å². The van der Waals surface area contributed by atoms with E-state index in [1.807, 2.05) is 19.2 Å². The summed E-state index contributed by atoms with van der Waals surface area (Å²) in [5.74, 6) is -0.550. The van der Waals surface area contributed by atoms with Gasteiger partial charge >= 0.3 is 0 Å². The molecule has 7 heteroatoms. The average molecular weight is 326 g/mol. The Morgan fingerprint density at radius 3 is 3.00 bits per heavy atom. The van der Waals surface area contributed by atoms with Gasteiger partial charge in [0.05, 0.1) is 13.2 Å². The van der Waals surface area contributed by atoms with Crippen LogP contribution in [0.1, 0.15) is 31.7 Å². The fourth-order valence-electron chi connectivity index (χ4n) is 2.80. The van der Waals surface area contributed by atoms with E-state index in [1.54, 1.807) is 22.4 Å². The predicted molar refractivity (Wildman–Crippen MR) is 81.4 cm³/mol. The van der Waals surface area contributed by atoms with Gasteiger partial charge in [-0.05, 0) is 26.7 Å². The first-order chi connectivity index (χ1) is 10.5. The quantitative estimate of drug-likeness (QED) is 0.826. The summed E-state index contributed by atoms with van der Waals surface area (Å²) >= 11 is 1.55. The van der Waals surface area contributed by atoms with Crippen LogP contribution in [0, 0.1) is 0 Å². The summed E-state index contributed by atoms with van der Waals surface area (Å²) in [6, 6.07) is 0. The fraction of sp³-hybridized carbons (Fsp3) is 0.733. The van der Waals surface area contributed by atoms with E-state index in [9.17, 15) is 4.79 Å². The molecular formula is C15H22N2O4S. The number of carbonyl (C=O) groups is 1. The predicted octanol–water partition coefficient (Wildman–Crippen LogP) is 1.80. The Balaban J connectivity index is 1.66. The minimum atomic E-state index is -0.579. The molecule has 2 aliphatic heterocycles. The van der Waals surface area contributed by atoms with E-state index in [0.29, 0.717) is 26.3 Å². The van der Waals surface area contributed by atoms with Gasteiger partial charge in [-0.25, -0.2) is 4.98 Å². The molecule has 2 fully saturated rings. The first-order valence-electron chi connectivity index (χ1n) is 7.64. The summed E-state index contributed by atoms with van der Waals surface area (Å²) in [7, 11) is 0. The van der Waals surface area contributed by atoms with Crippen molar-refractivity contribution in [2.45, 2.75) is 51.2 Å². The molecule has 0 bridgehead atoms. The normalized spacial score (nSPS) is 27.2. The first-order valence-corrected chi connectivity index (χ1v) is 8.52. The summed E-state index contributed by atoms with van der Waals surface area (Å²) in [5.41, 5.74) is 0. The van der Waals surface area contributed by atoms with Gasteiger partial charge in [0.25, 0.3) is 5.91 Å². The maximum absolute atomic E-state index is 12.7. The molecular weight excluding hydrogens is 304 g/mol. The minimum absolute atomic E-state index is 0.0287. The monoisotopic (exact) mass is 326 g/mol. The number of rotatable bonds is 5. The van der Waals surface area contributed by atoms with E-state index in [0.717, 1.165) is 17.8 Å². The van der Waals surface area contributed by atoms with Gasteiger partial charge in [-0.1, -0.05) is 0 Å². The second kappa shape index (κ2) is 6.62. The van der Waals surface area contributed by atoms with Gasteiger partial charge < -0.3 is 19.1 Å². The molecule has 1 aromatic rings. The Hall–Kier alpha value is -1.02. The van der Waals surface area contributed by atoms with Gasteiger partial charge in [0, 0.05) is 24.7 Å². The molecule has 0 spiro atoms. The molecule has 0 aromatic carbocycles. The number of hydrogen-bond donors (Lipinski definition) is 0. The molecule has 6 nitrogen and oxygen atoms in total. The second-order valence-electron chi connectivity index (χ2n) is 6.10. The SMILES string of the molecule is CC1(C)OC[C@H](CN(Cc2nccs2)C(=O)[C@H]2CCCO2)O1. The number of aromatic nitrogens is 1. The molecule has 0 N–H and O–H groups in total. The summed E-state index contributed by atoms with van der Waals surface area (Å²) in [6.07, 6.45) is 3.06. The molecule has 1 amide bonds. The third-order valence-electron chi connectivity index (χ3n) is 3.82. The molecule has 0 radical (unpaired) electrons. The molecule has 122 valence electrons. The molecule has 22 heavy (non-hydrogen) atoms. The van der Waals surface area contributed by atoms with Crippen LogP contribution >= 0.6 is 11.3 Å². The molecule has 2 atom stereocenters. The highest BCUT2D eigenvalue weighted by Gasteiger charge is 2.36. The van der Waals surface area contributed by atoms with Gasteiger partial charge in [0.1, 0.15) is 17.2 Å². The highest BCUT2D eigenvalue weighted by Crippen LogP contribution is 2.24. The van der Waals surface area contributed by atoms with Crippen LogP contribution in [0.5, 0.6) is 0 Å². The van der Waals surface area contributed by atoms with Crippen molar-refractivity contribution in [3.8, 4) is 0 Å². The van der Waals surface area contributed by atoms with Crippen molar-refractivity contribution < 1.29 is 19.0 Å². The number of amides is 1. The fourth-order valence-corrected chi connectivity index (χ4v) is 3.43. The van der Waals surface area contributed by atoms with Gasteiger partial charge in [-0.15, -0.1) is 11.3 Å². The lowest BCUT2D eigenvalue weighted by atomic mass is 10.2. The smallest absolute Gasteiger partial charge is 0.252 e. The Labute approximate surface area is 134 Å². The number of ether oxygens (including phenoxy) is 3. The van der Waals surface area contributed by atoms with Crippen LogP contribution in [0.2, 0.25) is 0 Å². The van der Waals surface area contributed by atoms with E-state index in [2.05, 4.69) is 4.98 Å². The van der Waals surface area contributed by atoms with Crippen molar-refractivity contribution in [1.29, 1.82) is 0 Å². The van der Waals surface area contributed by atoms with Crippen LogP contribution in [-0.4, -0.2) is 53.5 Å². The second-order valence-corrected chi connectivity index (χ2v) is 7.08. The van der Waals surface area contributed by atoms with Crippen molar-refractivity contribution in [3.05, 3.63) is 16.6 Å². The molecule has 1 aromatic heterocycles. The van der Waals surface area contributed by atoms with Crippen LogP contribution in [0.25, 0.3) is 0 Å². The highest BCUT2D eigenvalue weighted by atomic mass is 32.1. The number of hydrogen-bond acceptors (Lipinski definition) is 6. The third kappa shape index (κ3) is 3.84. The van der Waals surface area contributed by atoms with Gasteiger partial charge in [0.2, 0.25) is 0 Å². The van der Waals surface area contributed by atoms with Crippen LogP contribution in [-0.2, 0) is 25.5 Å². The van der Waals surface area contributed by atoms with Crippen molar-refractivity contribution in [3.63, 3.8) is 0 Å². The maximum Gasteiger partial charge on any atom is 0.252 e. The largest absolute Gasteiger partial charge is 0.368 e. The summed E-state index contributed by atoms with van der Waals surface area (Å²) in [5, 5.41) is 2.84. The standard InChI is InChI=1S/C15H22N2O4S/c1-15(2)20-10-11(21-15)8-17(9-13-16-5-7-22-13)14(18)12-4-3-6-19-12/h5,7,11-12H,3-4,6,8-10H2,1-2H3/t11-,12+/m0/s1.